The second-order valence-corrected chi connectivity index (χ2v) is 9.87. The number of carbonyl (C=O) groups excluding carboxylic acids is 1. The zero-order valence-corrected chi connectivity index (χ0v) is 19.9. The monoisotopic (exact) mass is 504 g/mol. The molecule has 0 radical (unpaired) electrons. The lowest BCUT2D eigenvalue weighted by Gasteiger charge is -2.28. The smallest absolute Gasteiger partial charge is 0.304 e. The van der Waals surface area contributed by atoms with Gasteiger partial charge in [-0.15, -0.1) is 0 Å². The van der Waals surface area contributed by atoms with Crippen molar-refractivity contribution in [2.45, 2.75) is 5.92 Å². The first-order chi connectivity index (χ1) is 16.3. The quantitative estimate of drug-likeness (QED) is 0.450. The van der Waals surface area contributed by atoms with Crippen LogP contribution in [-0.2, 0) is 19.7 Å². The van der Waals surface area contributed by atoms with Crippen LogP contribution in [0.2, 0.25) is 5.02 Å². The summed E-state index contributed by atoms with van der Waals surface area (Å²) in [5.74, 6) is -0.937. The van der Waals surface area contributed by atoms with E-state index in [9.17, 15) is 13.2 Å². The third-order valence-corrected chi connectivity index (χ3v) is 7.15. The zero-order chi connectivity index (χ0) is 24.1. The van der Waals surface area contributed by atoms with E-state index < -0.39 is 16.1 Å². The number of hydrogen-bond acceptors (Lipinski definition) is 6. The van der Waals surface area contributed by atoms with Crippen molar-refractivity contribution in [1.82, 2.24) is 14.0 Å². The molecule has 34 heavy (non-hydrogen) atoms. The summed E-state index contributed by atoms with van der Waals surface area (Å²) in [6.07, 6.45) is 0. The van der Waals surface area contributed by atoms with Gasteiger partial charge in [-0.05, 0) is 23.3 Å². The van der Waals surface area contributed by atoms with Crippen molar-refractivity contribution in [3.63, 3.8) is 0 Å². The Kier molecular flexibility index (Phi) is 7.47. The standard InChI is InChI=1S/C22H25ClN6O4S/c23-18-8-6-17(7-9-18)21-19(16-4-2-1-3-5-16)15-29(26-21)22(25-14-20(24)30)27-34(31,32)28-10-12-33-13-11-28/h1-9,19H,10-15H2,(H2,24,30)(H,25,27). The summed E-state index contributed by atoms with van der Waals surface area (Å²) in [5.41, 5.74) is 7.84. The lowest BCUT2D eigenvalue weighted by Crippen LogP contribution is -2.51. The largest absolute Gasteiger partial charge is 0.379 e. The second kappa shape index (κ2) is 10.5. The summed E-state index contributed by atoms with van der Waals surface area (Å²) >= 11 is 6.06. The number of nitrogens with one attached hydrogen (secondary N) is 1. The summed E-state index contributed by atoms with van der Waals surface area (Å²) in [6, 6.07) is 17.0. The SMILES string of the molecule is NC(=O)CN=C(NS(=O)(=O)N1CCOCC1)N1CC(c2ccccc2)C(c2ccc(Cl)cc2)=N1. The van der Waals surface area contributed by atoms with E-state index in [4.69, 9.17) is 27.2 Å². The lowest BCUT2D eigenvalue weighted by atomic mass is 9.91. The fourth-order valence-electron chi connectivity index (χ4n) is 3.75. The minimum atomic E-state index is -3.95. The molecule has 0 bridgehead atoms. The van der Waals surface area contributed by atoms with Crippen LogP contribution < -0.4 is 10.5 Å². The third-order valence-electron chi connectivity index (χ3n) is 5.42. The van der Waals surface area contributed by atoms with Gasteiger partial charge in [-0.2, -0.15) is 17.8 Å². The van der Waals surface area contributed by atoms with Crippen molar-refractivity contribution in [1.29, 1.82) is 0 Å². The highest BCUT2D eigenvalue weighted by Gasteiger charge is 2.34. The van der Waals surface area contributed by atoms with Gasteiger partial charge in [-0.25, -0.2) is 14.7 Å². The number of amides is 1. The fourth-order valence-corrected chi connectivity index (χ4v) is 5.03. The number of morpholine rings is 1. The number of halogens is 1. The molecule has 3 N–H and O–H groups in total. The minimum absolute atomic E-state index is 0.0739. The van der Waals surface area contributed by atoms with Crippen LogP contribution in [0.25, 0.3) is 0 Å². The Morgan fingerprint density at radius 1 is 1.15 bits per heavy atom. The molecule has 2 aliphatic rings. The molecule has 1 fully saturated rings. The number of carbonyl (C=O) groups is 1. The van der Waals surface area contributed by atoms with Crippen molar-refractivity contribution in [3.8, 4) is 0 Å². The van der Waals surface area contributed by atoms with E-state index in [0.717, 1.165) is 16.8 Å². The van der Waals surface area contributed by atoms with Crippen molar-refractivity contribution in [2.75, 3.05) is 39.4 Å². The molecule has 0 saturated carbocycles. The van der Waals surface area contributed by atoms with E-state index in [0.29, 0.717) is 24.8 Å². The van der Waals surface area contributed by atoms with Gasteiger partial charge in [0.15, 0.2) is 0 Å². The van der Waals surface area contributed by atoms with Crippen LogP contribution in [0.4, 0.5) is 0 Å². The van der Waals surface area contributed by atoms with Gasteiger partial charge in [0.2, 0.25) is 11.9 Å². The number of rotatable bonds is 6. The van der Waals surface area contributed by atoms with Gasteiger partial charge in [0.25, 0.3) is 0 Å². The van der Waals surface area contributed by atoms with Gasteiger partial charge in [-0.3, -0.25) is 4.79 Å². The highest BCUT2D eigenvalue weighted by atomic mass is 35.5. The fraction of sp³-hybridized carbons (Fsp3) is 0.318. The summed E-state index contributed by atoms with van der Waals surface area (Å²) in [4.78, 5) is 15.6. The Morgan fingerprint density at radius 3 is 2.47 bits per heavy atom. The Balaban J connectivity index is 1.69. The topological polar surface area (TPSA) is 130 Å². The number of nitrogens with two attached hydrogens (primary N) is 1. The minimum Gasteiger partial charge on any atom is -0.379 e. The molecule has 4 rings (SSSR count). The van der Waals surface area contributed by atoms with Crippen LogP contribution in [0.3, 0.4) is 0 Å². The van der Waals surface area contributed by atoms with Crippen molar-refractivity contribution in [2.24, 2.45) is 15.8 Å². The molecule has 2 aromatic rings. The molecule has 1 saturated heterocycles. The Bertz CT molecular complexity index is 1180. The molecule has 1 unspecified atom stereocenters. The Labute approximate surface area is 203 Å². The van der Waals surface area contributed by atoms with Gasteiger partial charge in [0, 0.05) is 24.0 Å². The highest BCUT2D eigenvalue weighted by Crippen LogP contribution is 2.29. The van der Waals surface area contributed by atoms with Gasteiger partial charge in [-0.1, -0.05) is 54.1 Å². The van der Waals surface area contributed by atoms with E-state index in [1.165, 1.54) is 9.31 Å². The molecule has 12 heteroatoms. The molecule has 0 spiro atoms. The first-order valence-corrected chi connectivity index (χ1v) is 12.5. The lowest BCUT2D eigenvalue weighted by molar-refractivity contribution is -0.116. The number of guanidine groups is 1. The van der Waals surface area contributed by atoms with Crippen molar-refractivity contribution >= 4 is 39.4 Å². The van der Waals surface area contributed by atoms with Crippen LogP contribution in [0.1, 0.15) is 17.0 Å². The molecular weight excluding hydrogens is 480 g/mol. The van der Waals surface area contributed by atoms with Crippen LogP contribution in [0, 0.1) is 0 Å². The number of hydrogen-bond donors (Lipinski definition) is 2. The molecule has 1 atom stereocenters. The van der Waals surface area contributed by atoms with Gasteiger partial charge in [0.05, 0.1) is 25.5 Å². The van der Waals surface area contributed by atoms with Crippen LogP contribution in [0.15, 0.2) is 64.7 Å². The predicted molar refractivity (Wildman–Crippen MR) is 130 cm³/mol. The first kappa shape index (κ1) is 24.1. The molecule has 0 aliphatic carbocycles. The Morgan fingerprint density at radius 2 is 1.82 bits per heavy atom. The number of hydrazone groups is 1. The molecule has 1 amide bonds. The number of aliphatic imine (C=N–C) groups is 1. The molecular formula is C22H25ClN6O4S. The summed E-state index contributed by atoms with van der Waals surface area (Å²) < 4.78 is 35.0. The van der Waals surface area contributed by atoms with Crippen LogP contribution in [0.5, 0.6) is 0 Å². The molecule has 180 valence electrons. The van der Waals surface area contributed by atoms with E-state index >= 15 is 0 Å². The maximum absolute atomic E-state index is 13.0. The molecule has 2 heterocycles. The van der Waals surface area contributed by atoms with Crippen molar-refractivity contribution < 1.29 is 17.9 Å². The number of benzene rings is 2. The predicted octanol–water partition coefficient (Wildman–Crippen LogP) is 1.15. The number of nitrogens with zero attached hydrogens (tertiary/aromatic N) is 4. The van der Waals surface area contributed by atoms with E-state index in [2.05, 4.69) is 9.71 Å². The number of ether oxygens (including phenoxy) is 1. The van der Waals surface area contributed by atoms with E-state index in [-0.39, 0.29) is 31.5 Å². The summed E-state index contributed by atoms with van der Waals surface area (Å²) in [5, 5.41) is 6.76. The average Bonchev–Trinajstić information content (AvgIpc) is 3.29. The van der Waals surface area contributed by atoms with E-state index in [1.54, 1.807) is 12.1 Å². The van der Waals surface area contributed by atoms with Gasteiger partial charge < -0.3 is 10.5 Å². The highest BCUT2D eigenvalue weighted by molar-refractivity contribution is 7.87. The zero-order valence-electron chi connectivity index (χ0n) is 18.3. The average molecular weight is 505 g/mol. The first-order valence-electron chi connectivity index (χ1n) is 10.7. The Hall–Kier alpha value is -2.99. The van der Waals surface area contributed by atoms with E-state index in [1.807, 2.05) is 42.5 Å². The van der Waals surface area contributed by atoms with Crippen LogP contribution in [-0.4, -0.2) is 74.7 Å². The normalized spacial score (nSPS) is 19.7. The van der Waals surface area contributed by atoms with Gasteiger partial charge in [0.1, 0.15) is 6.54 Å². The number of primary amides is 1. The second-order valence-electron chi connectivity index (χ2n) is 7.76. The van der Waals surface area contributed by atoms with Crippen molar-refractivity contribution in [3.05, 3.63) is 70.7 Å². The maximum atomic E-state index is 13.0. The molecule has 2 aromatic carbocycles. The molecule has 2 aliphatic heterocycles. The van der Waals surface area contributed by atoms with Crippen LogP contribution >= 0.6 is 11.6 Å². The summed E-state index contributed by atoms with van der Waals surface area (Å²) in [6.45, 7) is 0.944. The molecule has 0 aromatic heterocycles. The summed E-state index contributed by atoms with van der Waals surface area (Å²) in [7, 11) is -3.95. The molecule has 10 nitrogen and oxygen atoms in total. The third kappa shape index (κ3) is 5.73. The maximum Gasteiger partial charge on any atom is 0.304 e. The van der Waals surface area contributed by atoms with Gasteiger partial charge >= 0.3 is 10.2 Å².